The van der Waals surface area contributed by atoms with Gasteiger partial charge in [-0.1, -0.05) is 0 Å². The first-order chi connectivity index (χ1) is 7.20. The number of nitrogens with two attached hydrogens (primary N) is 1. The van der Waals surface area contributed by atoms with Crippen LogP contribution >= 0.6 is 0 Å². The van der Waals surface area contributed by atoms with Crippen molar-refractivity contribution in [3.05, 3.63) is 30.2 Å². The molecule has 2 aromatic rings. The molecule has 0 aliphatic heterocycles. The molecule has 2 rings (SSSR count). The van der Waals surface area contributed by atoms with Gasteiger partial charge in [-0.3, -0.25) is 4.79 Å². The van der Waals surface area contributed by atoms with E-state index >= 15 is 0 Å². The molecule has 3 N–H and O–H groups in total. The zero-order valence-electron chi connectivity index (χ0n) is 8.40. The van der Waals surface area contributed by atoms with Crippen molar-refractivity contribution in [2.45, 2.75) is 6.92 Å². The number of carbonyl (C=O) groups excluding carboxylic acids is 1. The van der Waals surface area contributed by atoms with E-state index in [0.717, 1.165) is 0 Å². The summed E-state index contributed by atoms with van der Waals surface area (Å²) in [5.74, 6) is -0.167. The van der Waals surface area contributed by atoms with Gasteiger partial charge < -0.3 is 15.5 Å². The van der Waals surface area contributed by atoms with Gasteiger partial charge in [0, 0.05) is 24.6 Å². The number of aromatic nitrogens is 2. The van der Waals surface area contributed by atoms with Crippen LogP contribution in [0.3, 0.4) is 0 Å². The highest BCUT2D eigenvalue weighted by Crippen LogP contribution is 2.08. The predicted octanol–water partition coefficient (Wildman–Crippen LogP) is 0.666. The lowest BCUT2D eigenvalue weighted by Crippen LogP contribution is -2.22. The molecule has 0 fully saturated rings. The molecule has 0 atom stereocenters. The third kappa shape index (κ3) is 1.76. The molecular weight excluding hydrogens is 192 g/mol. The summed E-state index contributed by atoms with van der Waals surface area (Å²) in [5.41, 5.74) is 7.38. The third-order valence-corrected chi connectivity index (χ3v) is 2.04. The molecule has 0 aliphatic carbocycles. The van der Waals surface area contributed by atoms with Crippen LogP contribution in [0.25, 0.3) is 5.65 Å². The Labute approximate surface area is 86.9 Å². The average molecular weight is 204 g/mol. The Morgan fingerprint density at radius 3 is 3.07 bits per heavy atom. The van der Waals surface area contributed by atoms with Crippen LogP contribution in [0.1, 0.15) is 17.4 Å². The summed E-state index contributed by atoms with van der Waals surface area (Å²) >= 11 is 0. The number of nitrogen functional groups attached to an aromatic ring is 1. The second-order valence-corrected chi connectivity index (χ2v) is 3.21. The van der Waals surface area contributed by atoms with Crippen LogP contribution < -0.4 is 11.1 Å². The molecule has 0 bridgehead atoms. The molecule has 0 saturated heterocycles. The topological polar surface area (TPSA) is 72.4 Å². The summed E-state index contributed by atoms with van der Waals surface area (Å²) < 4.78 is 1.74. The van der Waals surface area contributed by atoms with Crippen molar-refractivity contribution in [2.75, 3.05) is 12.3 Å². The van der Waals surface area contributed by atoms with E-state index in [4.69, 9.17) is 5.73 Å². The second-order valence-electron chi connectivity index (χ2n) is 3.21. The van der Waals surface area contributed by atoms with Gasteiger partial charge in [0.25, 0.3) is 5.91 Å². The van der Waals surface area contributed by atoms with E-state index < -0.39 is 0 Å². The lowest BCUT2D eigenvalue weighted by molar-refractivity contribution is 0.0951. The van der Waals surface area contributed by atoms with Gasteiger partial charge >= 0.3 is 0 Å². The van der Waals surface area contributed by atoms with Crippen molar-refractivity contribution in [2.24, 2.45) is 0 Å². The standard InChI is InChI=1S/C10H12N4O/c1-2-12-10(15)8-6-14-5-7(11)3-4-9(14)13-8/h3-6H,2,11H2,1H3,(H,12,15). The van der Waals surface area contributed by atoms with Gasteiger partial charge in [-0.15, -0.1) is 0 Å². The van der Waals surface area contributed by atoms with E-state index in [0.29, 0.717) is 23.6 Å². The number of carbonyl (C=O) groups is 1. The average Bonchev–Trinajstić information content (AvgIpc) is 2.60. The number of anilines is 1. The summed E-state index contributed by atoms with van der Waals surface area (Å²) in [5, 5.41) is 2.69. The fraction of sp³-hybridized carbons (Fsp3) is 0.200. The zero-order valence-corrected chi connectivity index (χ0v) is 8.40. The van der Waals surface area contributed by atoms with Crippen LogP contribution in [0.4, 0.5) is 5.69 Å². The number of rotatable bonds is 2. The Hall–Kier alpha value is -2.04. The molecule has 0 radical (unpaired) electrons. The summed E-state index contributed by atoms with van der Waals surface area (Å²) in [6.07, 6.45) is 3.39. The lowest BCUT2D eigenvalue weighted by Gasteiger charge is -1.95. The van der Waals surface area contributed by atoms with E-state index in [2.05, 4.69) is 10.3 Å². The first kappa shape index (κ1) is 9.51. The van der Waals surface area contributed by atoms with Crippen molar-refractivity contribution >= 4 is 17.2 Å². The van der Waals surface area contributed by atoms with Crippen molar-refractivity contribution < 1.29 is 4.79 Å². The van der Waals surface area contributed by atoms with Crippen molar-refractivity contribution in [3.63, 3.8) is 0 Å². The maximum absolute atomic E-state index is 11.5. The van der Waals surface area contributed by atoms with Gasteiger partial charge in [0.15, 0.2) is 0 Å². The van der Waals surface area contributed by atoms with Crippen molar-refractivity contribution in [3.8, 4) is 0 Å². The Balaban J connectivity index is 2.42. The fourth-order valence-corrected chi connectivity index (χ4v) is 1.37. The maximum Gasteiger partial charge on any atom is 0.271 e. The smallest absolute Gasteiger partial charge is 0.271 e. The molecule has 0 aliphatic rings. The van der Waals surface area contributed by atoms with Crippen LogP contribution in [0, 0.1) is 0 Å². The number of nitrogens with one attached hydrogen (secondary N) is 1. The predicted molar refractivity (Wildman–Crippen MR) is 57.6 cm³/mol. The van der Waals surface area contributed by atoms with Gasteiger partial charge in [0.05, 0.1) is 0 Å². The Kier molecular flexibility index (Phi) is 2.29. The summed E-state index contributed by atoms with van der Waals surface area (Å²) in [6, 6.07) is 3.53. The molecule has 5 nitrogen and oxygen atoms in total. The monoisotopic (exact) mass is 204 g/mol. The molecular formula is C10H12N4O. The van der Waals surface area contributed by atoms with Crippen LogP contribution in [-0.2, 0) is 0 Å². The van der Waals surface area contributed by atoms with E-state index in [-0.39, 0.29) is 5.91 Å². The Bertz CT molecular complexity index is 503. The molecule has 0 spiro atoms. The summed E-state index contributed by atoms with van der Waals surface area (Å²) in [7, 11) is 0. The van der Waals surface area contributed by atoms with Crippen LogP contribution in [0.2, 0.25) is 0 Å². The lowest BCUT2D eigenvalue weighted by atomic mass is 10.4. The highest BCUT2D eigenvalue weighted by Gasteiger charge is 2.08. The molecule has 2 aromatic heterocycles. The fourth-order valence-electron chi connectivity index (χ4n) is 1.37. The Morgan fingerprint density at radius 2 is 2.33 bits per heavy atom. The zero-order chi connectivity index (χ0) is 10.8. The van der Waals surface area contributed by atoms with Gasteiger partial charge in [0.2, 0.25) is 0 Å². The number of fused-ring (bicyclic) bond motifs is 1. The number of hydrogen-bond donors (Lipinski definition) is 2. The number of hydrogen-bond acceptors (Lipinski definition) is 3. The van der Waals surface area contributed by atoms with Gasteiger partial charge in [-0.25, -0.2) is 4.98 Å². The molecule has 0 aromatic carbocycles. The number of amides is 1. The van der Waals surface area contributed by atoms with Crippen molar-refractivity contribution in [1.82, 2.24) is 14.7 Å². The molecule has 0 unspecified atom stereocenters. The van der Waals surface area contributed by atoms with Gasteiger partial charge in [-0.05, 0) is 19.1 Å². The van der Waals surface area contributed by atoms with Gasteiger partial charge in [0.1, 0.15) is 11.3 Å². The van der Waals surface area contributed by atoms with Crippen molar-refractivity contribution in [1.29, 1.82) is 0 Å². The van der Waals surface area contributed by atoms with E-state index in [9.17, 15) is 4.79 Å². The SMILES string of the molecule is CCNC(=O)c1cn2cc(N)ccc2n1. The largest absolute Gasteiger partial charge is 0.398 e. The van der Waals surface area contributed by atoms with Crippen LogP contribution in [0.15, 0.2) is 24.5 Å². The molecule has 5 heteroatoms. The maximum atomic E-state index is 11.5. The van der Waals surface area contributed by atoms with Gasteiger partial charge in [-0.2, -0.15) is 0 Å². The number of nitrogens with zero attached hydrogens (tertiary/aromatic N) is 2. The number of pyridine rings is 1. The highest BCUT2D eigenvalue weighted by molar-refractivity contribution is 5.92. The third-order valence-electron chi connectivity index (χ3n) is 2.04. The first-order valence-electron chi connectivity index (χ1n) is 4.73. The van der Waals surface area contributed by atoms with Crippen LogP contribution in [-0.4, -0.2) is 21.8 Å². The molecule has 2 heterocycles. The van der Waals surface area contributed by atoms with E-state index in [1.807, 2.05) is 6.92 Å². The number of imidazole rings is 1. The quantitative estimate of drug-likeness (QED) is 0.755. The summed E-state index contributed by atoms with van der Waals surface area (Å²) in [6.45, 7) is 2.46. The van der Waals surface area contributed by atoms with Crippen LogP contribution in [0.5, 0.6) is 0 Å². The van der Waals surface area contributed by atoms with E-state index in [1.165, 1.54) is 0 Å². The molecule has 1 amide bonds. The summed E-state index contributed by atoms with van der Waals surface area (Å²) in [4.78, 5) is 15.6. The molecule has 78 valence electrons. The minimum atomic E-state index is -0.167. The minimum Gasteiger partial charge on any atom is -0.398 e. The first-order valence-corrected chi connectivity index (χ1v) is 4.73. The normalized spacial score (nSPS) is 10.5. The Morgan fingerprint density at radius 1 is 1.53 bits per heavy atom. The minimum absolute atomic E-state index is 0.167. The molecule has 0 saturated carbocycles. The molecule has 15 heavy (non-hydrogen) atoms. The second kappa shape index (κ2) is 3.61. The highest BCUT2D eigenvalue weighted by atomic mass is 16.1. The van der Waals surface area contributed by atoms with E-state index in [1.54, 1.807) is 28.9 Å².